The van der Waals surface area contributed by atoms with Crippen LogP contribution >= 0.6 is 24.0 Å². The Morgan fingerprint density at radius 1 is 1.21 bits per heavy atom. The first-order valence-corrected chi connectivity index (χ1v) is 8.27. The average molecular weight is 449 g/mol. The molecule has 138 valence electrons. The molecule has 1 atom stereocenters. The van der Waals surface area contributed by atoms with Crippen molar-refractivity contribution < 1.29 is 9.47 Å². The number of nitrogens with one attached hydrogen (secondary N) is 2. The number of halogens is 1. The molecule has 0 bridgehead atoms. The van der Waals surface area contributed by atoms with Gasteiger partial charge in [-0.05, 0) is 37.5 Å². The number of benzene rings is 1. The van der Waals surface area contributed by atoms with Crippen LogP contribution in [-0.2, 0) is 4.74 Å². The molecule has 0 heterocycles. The predicted molar refractivity (Wildman–Crippen MR) is 112 cm³/mol. The lowest BCUT2D eigenvalue weighted by atomic mass is 10.2. The van der Waals surface area contributed by atoms with Crippen molar-refractivity contribution in [3.05, 3.63) is 29.8 Å². The Balaban J connectivity index is 0.00000529. The second-order valence-corrected chi connectivity index (χ2v) is 6.09. The molecule has 6 heteroatoms. The van der Waals surface area contributed by atoms with Gasteiger partial charge in [-0.15, -0.1) is 24.0 Å². The number of nitrogens with zero attached hydrogens (tertiary/aromatic N) is 1. The number of hydrogen-bond acceptors (Lipinski definition) is 3. The van der Waals surface area contributed by atoms with E-state index in [9.17, 15) is 0 Å². The molecule has 0 saturated heterocycles. The molecule has 0 fully saturated rings. The molecule has 0 aliphatic carbocycles. The summed E-state index contributed by atoms with van der Waals surface area (Å²) in [4.78, 5) is 4.20. The molecule has 2 N–H and O–H groups in total. The molecule has 0 aromatic heterocycles. The highest BCUT2D eigenvalue weighted by Gasteiger charge is 2.06. The Hall–Kier alpha value is -1.02. The molecule has 0 spiro atoms. The van der Waals surface area contributed by atoms with Crippen LogP contribution < -0.4 is 15.4 Å². The Morgan fingerprint density at radius 3 is 2.58 bits per heavy atom. The largest absolute Gasteiger partial charge is 0.489 e. The maximum absolute atomic E-state index is 5.89. The van der Waals surface area contributed by atoms with E-state index < -0.39 is 0 Å². The van der Waals surface area contributed by atoms with Crippen LogP contribution in [0, 0.1) is 12.8 Å². The van der Waals surface area contributed by atoms with E-state index in [2.05, 4.69) is 42.5 Å². The summed E-state index contributed by atoms with van der Waals surface area (Å²) in [5.41, 5.74) is 1.20. The van der Waals surface area contributed by atoms with Gasteiger partial charge in [0, 0.05) is 20.2 Å². The normalized spacial score (nSPS) is 12.5. The van der Waals surface area contributed by atoms with Crippen molar-refractivity contribution in [1.29, 1.82) is 0 Å². The summed E-state index contributed by atoms with van der Waals surface area (Å²) in [6.45, 7) is 11.3. The minimum atomic E-state index is 0. The summed E-state index contributed by atoms with van der Waals surface area (Å²) in [6.07, 6.45) is 0.0486. The van der Waals surface area contributed by atoms with Crippen LogP contribution in [0.1, 0.15) is 26.3 Å². The Bertz CT molecular complexity index is 481. The van der Waals surface area contributed by atoms with E-state index in [1.807, 2.05) is 25.1 Å². The van der Waals surface area contributed by atoms with Gasteiger partial charge < -0.3 is 20.1 Å². The van der Waals surface area contributed by atoms with Gasteiger partial charge in [0.05, 0.1) is 13.2 Å². The number of rotatable bonds is 9. The zero-order chi connectivity index (χ0) is 17.1. The fourth-order valence-electron chi connectivity index (χ4n) is 1.98. The van der Waals surface area contributed by atoms with Gasteiger partial charge in [-0.1, -0.05) is 26.0 Å². The quantitative estimate of drug-likeness (QED) is 0.263. The van der Waals surface area contributed by atoms with Gasteiger partial charge in [0.1, 0.15) is 11.9 Å². The molecule has 1 rings (SSSR count). The Labute approximate surface area is 163 Å². The molecule has 0 radical (unpaired) electrons. The van der Waals surface area contributed by atoms with Gasteiger partial charge >= 0.3 is 0 Å². The molecule has 24 heavy (non-hydrogen) atoms. The lowest BCUT2D eigenvalue weighted by Gasteiger charge is -2.18. The predicted octanol–water partition coefficient (Wildman–Crippen LogP) is 3.22. The van der Waals surface area contributed by atoms with Crippen LogP contribution in [0.2, 0.25) is 0 Å². The molecule has 0 aliphatic heterocycles. The van der Waals surface area contributed by atoms with E-state index in [1.54, 1.807) is 7.05 Å². The van der Waals surface area contributed by atoms with Gasteiger partial charge in [0.15, 0.2) is 5.96 Å². The summed E-state index contributed by atoms with van der Waals surface area (Å²) < 4.78 is 11.4. The van der Waals surface area contributed by atoms with E-state index in [4.69, 9.17) is 9.47 Å². The zero-order valence-corrected chi connectivity index (χ0v) is 17.8. The summed E-state index contributed by atoms with van der Waals surface area (Å²) >= 11 is 0. The van der Waals surface area contributed by atoms with Crippen molar-refractivity contribution in [1.82, 2.24) is 10.6 Å². The molecule has 1 aromatic carbocycles. The fourth-order valence-corrected chi connectivity index (χ4v) is 1.98. The third-order valence-corrected chi connectivity index (χ3v) is 3.10. The molecule has 1 aromatic rings. The summed E-state index contributed by atoms with van der Waals surface area (Å²) in [5.74, 6) is 2.22. The van der Waals surface area contributed by atoms with E-state index in [-0.39, 0.29) is 30.1 Å². The van der Waals surface area contributed by atoms with Gasteiger partial charge in [-0.2, -0.15) is 0 Å². The lowest BCUT2D eigenvalue weighted by molar-refractivity contribution is 0.114. The third-order valence-electron chi connectivity index (χ3n) is 3.10. The zero-order valence-electron chi connectivity index (χ0n) is 15.5. The van der Waals surface area contributed by atoms with Gasteiger partial charge in [-0.3, -0.25) is 4.99 Å². The van der Waals surface area contributed by atoms with Crippen molar-refractivity contribution >= 4 is 29.9 Å². The number of hydrogen-bond donors (Lipinski definition) is 2. The van der Waals surface area contributed by atoms with E-state index in [1.165, 1.54) is 5.56 Å². The van der Waals surface area contributed by atoms with Gasteiger partial charge in [0.25, 0.3) is 0 Å². The minimum absolute atomic E-state index is 0. The molecular formula is C18H32IN3O2. The first kappa shape index (κ1) is 23.0. The standard InChI is InChI=1S/C18H31N3O2.HI/c1-14(2)13-22-10-9-20-18(19-5)21-12-16(4)23-17-8-6-7-15(3)11-17;/h6-8,11,14,16H,9-10,12-13H2,1-5H3,(H2,19,20,21);1H. The molecule has 1 unspecified atom stereocenters. The second kappa shape index (κ2) is 13.3. The van der Waals surface area contributed by atoms with Crippen LogP contribution in [0.25, 0.3) is 0 Å². The molecular weight excluding hydrogens is 417 g/mol. The lowest BCUT2D eigenvalue weighted by Crippen LogP contribution is -2.42. The molecule has 0 aliphatic rings. The highest BCUT2D eigenvalue weighted by atomic mass is 127. The maximum atomic E-state index is 5.89. The first-order valence-electron chi connectivity index (χ1n) is 8.27. The number of aliphatic imine (C=N–C) groups is 1. The van der Waals surface area contributed by atoms with Gasteiger partial charge in [0.2, 0.25) is 0 Å². The van der Waals surface area contributed by atoms with Crippen LogP contribution in [0.15, 0.2) is 29.3 Å². The van der Waals surface area contributed by atoms with E-state index in [0.29, 0.717) is 19.1 Å². The number of guanidine groups is 1. The SMILES string of the molecule is CN=C(NCCOCC(C)C)NCC(C)Oc1cccc(C)c1.I. The van der Waals surface area contributed by atoms with E-state index in [0.717, 1.165) is 24.9 Å². The third kappa shape index (κ3) is 10.7. The summed E-state index contributed by atoms with van der Waals surface area (Å²) in [7, 11) is 1.76. The van der Waals surface area contributed by atoms with Crippen LogP contribution in [0.4, 0.5) is 0 Å². The van der Waals surface area contributed by atoms with Gasteiger partial charge in [-0.25, -0.2) is 0 Å². The minimum Gasteiger partial charge on any atom is -0.489 e. The maximum Gasteiger partial charge on any atom is 0.191 e. The highest BCUT2D eigenvalue weighted by Crippen LogP contribution is 2.13. The Morgan fingerprint density at radius 2 is 1.96 bits per heavy atom. The monoisotopic (exact) mass is 449 g/mol. The molecule has 0 saturated carbocycles. The van der Waals surface area contributed by atoms with Crippen molar-refractivity contribution in [3.63, 3.8) is 0 Å². The number of aryl methyl sites for hydroxylation is 1. The van der Waals surface area contributed by atoms with Crippen LogP contribution in [0.3, 0.4) is 0 Å². The smallest absolute Gasteiger partial charge is 0.191 e. The molecule has 0 amide bonds. The van der Waals surface area contributed by atoms with Crippen molar-refractivity contribution in [3.8, 4) is 5.75 Å². The second-order valence-electron chi connectivity index (χ2n) is 6.09. The number of ether oxygens (including phenoxy) is 2. The highest BCUT2D eigenvalue weighted by molar-refractivity contribution is 14.0. The Kier molecular flexibility index (Phi) is 12.7. The summed E-state index contributed by atoms with van der Waals surface area (Å²) in [5, 5.41) is 6.49. The van der Waals surface area contributed by atoms with Crippen LogP contribution in [0.5, 0.6) is 5.75 Å². The van der Waals surface area contributed by atoms with Crippen LogP contribution in [-0.4, -0.2) is 45.4 Å². The van der Waals surface area contributed by atoms with Crippen molar-refractivity contribution in [2.45, 2.75) is 33.8 Å². The fraction of sp³-hybridized carbons (Fsp3) is 0.611. The van der Waals surface area contributed by atoms with Crippen molar-refractivity contribution in [2.75, 3.05) is 33.4 Å². The van der Waals surface area contributed by atoms with Crippen molar-refractivity contribution in [2.24, 2.45) is 10.9 Å². The average Bonchev–Trinajstić information content (AvgIpc) is 2.49. The first-order chi connectivity index (χ1) is 11.0. The molecule has 5 nitrogen and oxygen atoms in total. The van der Waals surface area contributed by atoms with E-state index >= 15 is 0 Å². The summed E-state index contributed by atoms with van der Waals surface area (Å²) in [6, 6.07) is 8.07. The topological polar surface area (TPSA) is 54.9 Å².